The number of hydrogen-bond acceptors (Lipinski definition) is 4. The van der Waals surface area contributed by atoms with Gasteiger partial charge >= 0.3 is 0 Å². The highest BCUT2D eigenvalue weighted by Gasteiger charge is 2.32. The monoisotopic (exact) mass is 425 g/mol. The van der Waals surface area contributed by atoms with Crippen LogP contribution in [0.3, 0.4) is 0 Å². The SMILES string of the molecule is O=C(c1ccccc1)[C@H](Sc1nnc(C2CC2)n1Cc1ccccc1)c1ccccc1. The third kappa shape index (κ3) is 4.47. The van der Waals surface area contributed by atoms with Crippen LogP contribution in [0.1, 0.15) is 51.3 Å². The summed E-state index contributed by atoms with van der Waals surface area (Å²) in [6.45, 7) is 0.711. The molecule has 0 amide bonds. The zero-order valence-electron chi connectivity index (χ0n) is 17.1. The summed E-state index contributed by atoms with van der Waals surface area (Å²) in [5.41, 5.74) is 2.89. The molecule has 0 unspecified atom stereocenters. The Kier molecular flexibility index (Phi) is 5.67. The molecule has 1 heterocycles. The van der Waals surface area contributed by atoms with Crippen LogP contribution in [0.15, 0.2) is 96.2 Å². The molecule has 3 aromatic carbocycles. The molecule has 5 heteroatoms. The molecule has 0 spiro atoms. The fourth-order valence-corrected chi connectivity index (χ4v) is 4.83. The second-order valence-corrected chi connectivity index (χ2v) is 8.90. The first-order valence-electron chi connectivity index (χ1n) is 10.6. The van der Waals surface area contributed by atoms with E-state index in [1.807, 2.05) is 66.7 Å². The summed E-state index contributed by atoms with van der Waals surface area (Å²) < 4.78 is 2.20. The lowest BCUT2D eigenvalue weighted by molar-refractivity contribution is 0.0989. The summed E-state index contributed by atoms with van der Waals surface area (Å²) in [5, 5.41) is 9.49. The van der Waals surface area contributed by atoms with Crippen molar-refractivity contribution in [3.63, 3.8) is 0 Å². The molecule has 0 N–H and O–H groups in total. The fourth-order valence-electron chi connectivity index (χ4n) is 3.71. The van der Waals surface area contributed by atoms with Gasteiger partial charge in [0.05, 0.1) is 6.54 Å². The maximum atomic E-state index is 13.5. The van der Waals surface area contributed by atoms with E-state index in [1.54, 1.807) is 0 Å². The molecule has 1 saturated carbocycles. The lowest BCUT2D eigenvalue weighted by Gasteiger charge is -2.17. The van der Waals surface area contributed by atoms with Crippen LogP contribution in [-0.4, -0.2) is 20.5 Å². The van der Waals surface area contributed by atoms with Crippen LogP contribution >= 0.6 is 11.8 Å². The van der Waals surface area contributed by atoms with Crippen molar-refractivity contribution in [3.05, 3.63) is 114 Å². The number of hydrogen-bond donors (Lipinski definition) is 0. The van der Waals surface area contributed by atoms with E-state index in [9.17, 15) is 4.79 Å². The number of thioether (sulfide) groups is 1. The maximum absolute atomic E-state index is 13.5. The Labute approximate surface area is 186 Å². The molecule has 0 saturated heterocycles. The van der Waals surface area contributed by atoms with Crippen LogP contribution in [0, 0.1) is 0 Å². The molecule has 1 aliphatic rings. The predicted octanol–water partition coefficient (Wildman–Crippen LogP) is 5.92. The summed E-state index contributed by atoms with van der Waals surface area (Å²) in [4.78, 5) is 13.5. The van der Waals surface area contributed by atoms with Gasteiger partial charge in [0, 0.05) is 11.5 Å². The van der Waals surface area contributed by atoms with Gasteiger partial charge in [-0.1, -0.05) is 103 Å². The molecule has 154 valence electrons. The fraction of sp³-hybridized carbons (Fsp3) is 0.192. The Morgan fingerprint density at radius 1 is 0.871 bits per heavy atom. The second kappa shape index (κ2) is 8.90. The van der Waals surface area contributed by atoms with Crippen LogP contribution in [0.5, 0.6) is 0 Å². The number of rotatable bonds is 8. The maximum Gasteiger partial charge on any atom is 0.192 e. The zero-order valence-corrected chi connectivity index (χ0v) is 17.9. The van der Waals surface area contributed by atoms with Gasteiger partial charge < -0.3 is 4.57 Å². The number of carbonyl (C=O) groups is 1. The van der Waals surface area contributed by atoms with Gasteiger partial charge in [-0.25, -0.2) is 0 Å². The average molecular weight is 426 g/mol. The normalized spacial score (nSPS) is 14.3. The molecule has 0 aliphatic heterocycles. The lowest BCUT2D eigenvalue weighted by Crippen LogP contribution is -2.12. The highest BCUT2D eigenvalue weighted by Crippen LogP contribution is 2.43. The van der Waals surface area contributed by atoms with Gasteiger partial charge in [-0.3, -0.25) is 4.79 Å². The third-order valence-corrected chi connectivity index (χ3v) is 6.73. The quantitative estimate of drug-likeness (QED) is 0.260. The van der Waals surface area contributed by atoms with E-state index in [-0.39, 0.29) is 11.0 Å². The predicted molar refractivity (Wildman–Crippen MR) is 123 cm³/mol. The van der Waals surface area contributed by atoms with E-state index in [4.69, 9.17) is 0 Å². The molecule has 4 nitrogen and oxygen atoms in total. The minimum absolute atomic E-state index is 0.0824. The first-order valence-corrected chi connectivity index (χ1v) is 11.5. The van der Waals surface area contributed by atoms with Crippen molar-refractivity contribution in [3.8, 4) is 0 Å². The smallest absolute Gasteiger partial charge is 0.192 e. The molecule has 31 heavy (non-hydrogen) atoms. The van der Waals surface area contributed by atoms with Crippen molar-refractivity contribution < 1.29 is 4.79 Å². The van der Waals surface area contributed by atoms with Gasteiger partial charge in [-0.05, 0) is 24.0 Å². The molecule has 0 radical (unpaired) electrons. The molecule has 0 bridgehead atoms. The summed E-state index contributed by atoms with van der Waals surface area (Å²) in [6.07, 6.45) is 2.31. The summed E-state index contributed by atoms with van der Waals surface area (Å²) in [5.74, 6) is 1.59. The van der Waals surface area contributed by atoms with Crippen LogP contribution in [0.2, 0.25) is 0 Å². The number of nitrogens with zero attached hydrogens (tertiary/aromatic N) is 3. The second-order valence-electron chi connectivity index (χ2n) is 7.83. The van der Waals surface area contributed by atoms with Gasteiger partial charge in [-0.15, -0.1) is 10.2 Å². The lowest BCUT2D eigenvalue weighted by atomic mass is 10.0. The van der Waals surface area contributed by atoms with Crippen molar-refractivity contribution in [1.29, 1.82) is 0 Å². The van der Waals surface area contributed by atoms with E-state index in [0.29, 0.717) is 18.0 Å². The standard InChI is InChI=1S/C26H23N3OS/c30-23(20-12-6-2-7-13-20)24(21-14-8-3-9-15-21)31-26-28-27-25(22-16-17-22)29(26)18-19-10-4-1-5-11-19/h1-15,22,24H,16-18H2/t24-/m1/s1. The van der Waals surface area contributed by atoms with Crippen molar-refractivity contribution >= 4 is 17.5 Å². The van der Waals surface area contributed by atoms with Gasteiger partial charge in [-0.2, -0.15) is 0 Å². The van der Waals surface area contributed by atoms with E-state index < -0.39 is 0 Å². The van der Waals surface area contributed by atoms with Gasteiger partial charge in [0.25, 0.3) is 0 Å². The average Bonchev–Trinajstić information content (AvgIpc) is 3.61. The molecular weight excluding hydrogens is 402 g/mol. The number of carbonyl (C=O) groups excluding carboxylic acids is 1. The molecule has 1 atom stereocenters. The molecule has 4 aromatic rings. The van der Waals surface area contributed by atoms with Crippen LogP contribution in [0.25, 0.3) is 0 Å². The van der Waals surface area contributed by atoms with Gasteiger partial charge in [0.2, 0.25) is 0 Å². The number of aromatic nitrogens is 3. The molecule has 1 aliphatic carbocycles. The summed E-state index contributed by atoms with van der Waals surface area (Å²) in [6, 6.07) is 29.8. The zero-order chi connectivity index (χ0) is 21.0. The van der Waals surface area contributed by atoms with E-state index in [2.05, 4.69) is 39.0 Å². The Hall–Kier alpha value is -3.18. The molecule has 5 rings (SSSR count). The Morgan fingerprint density at radius 3 is 2.13 bits per heavy atom. The first-order chi connectivity index (χ1) is 15.3. The Bertz CT molecular complexity index is 1160. The van der Waals surface area contributed by atoms with Crippen molar-refractivity contribution in [2.75, 3.05) is 0 Å². The van der Waals surface area contributed by atoms with Crippen molar-refractivity contribution in [2.45, 2.75) is 35.7 Å². The van der Waals surface area contributed by atoms with Crippen molar-refractivity contribution in [2.24, 2.45) is 0 Å². The number of benzene rings is 3. The summed E-state index contributed by atoms with van der Waals surface area (Å²) in [7, 11) is 0. The van der Waals surface area contributed by atoms with Crippen LogP contribution in [0.4, 0.5) is 0 Å². The molecule has 1 fully saturated rings. The van der Waals surface area contributed by atoms with E-state index >= 15 is 0 Å². The molecular formula is C26H23N3OS. The largest absolute Gasteiger partial charge is 0.301 e. The van der Waals surface area contributed by atoms with Crippen LogP contribution < -0.4 is 0 Å². The van der Waals surface area contributed by atoms with E-state index in [0.717, 1.165) is 29.4 Å². The third-order valence-electron chi connectivity index (χ3n) is 5.49. The highest BCUT2D eigenvalue weighted by molar-refractivity contribution is 8.00. The van der Waals surface area contributed by atoms with Crippen molar-refractivity contribution in [1.82, 2.24) is 14.8 Å². The van der Waals surface area contributed by atoms with Gasteiger partial charge in [0.15, 0.2) is 10.9 Å². The van der Waals surface area contributed by atoms with E-state index in [1.165, 1.54) is 17.3 Å². The minimum Gasteiger partial charge on any atom is -0.301 e. The first kappa shape index (κ1) is 19.8. The van der Waals surface area contributed by atoms with Gasteiger partial charge in [0.1, 0.15) is 11.1 Å². The Balaban J connectivity index is 1.51. The van der Waals surface area contributed by atoms with Crippen LogP contribution in [-0.2, 0) is 6.54 Å². The topological polar surface area (TPSA) is 47.8 Å². The Morgan fingerprint density at radius 2 is 1.48 bits per heavy atom. The highest BCUT2D eigenvalue weighted by atomic mass is 32.2. The number of ketones is 1. The molecule has 1 aromatic heterocycles. The summed E-state index contributed by atoms with van der Waals surface area (Å²) >= 11 is 1.50. The minimum atomic E-state index is -0.380. The number of Topliss-reactive ketones (excluding diaryl/α,β-unsaturated/α-hetero) is 1.